The lowest BCUT2D eigenvalue weighted by atomic mass is 10.2. The van der Waals surface area contributed by atoms with Crippen LogP contribution in [0.2, 0.25) is 0 Å². The second-order valence-corrected chi connectivity index (χ2v) is 3.84. The number of rotatable bonds is 2. The molecule has 0 aliphatic carbocycles. The lowest BCUT2D eigenvalue weighted by molar-refractivity contribution is 0.801. The van der Waals surface area contributed by atoms with Crippen molar-refractivity contribution in [2.45, 2.75) is 0 Å². The molecule has 3 aromatic rings. The van der Waals surface area contributed by atoms with Gasteiger partial charge in [0.1, 0.15) is 6.07 Å². The summed E-state index contributed by atoms with van der Waals surface area (Å²) >= 11 is 0. The summed E-state index contributed by atoms with van der Waals surface area (Å²) in [5.41, 5.74) is 6.69. The van der Waals surface area contributed by atoms with Crippen LogP contribution < -0.4 is 5.73 Å². The van der Waals surface area contributed by atoms with E-state index in [1.807, 2.05) is 6.07 Å². The van der Waals surface area contributed by atoms with Crippen LogP contribution in [0.25, 0.3) is 17.3 Å². The van der Waals surface area contributed by atoms with Gasteiger partial charge in [-0.1, -0.05) is 0 Å². The number of nitrogen functional groups attached to an aromatic ring is 1. The van der Waals surface area contributed by atoms with E-state index < -0.39 is 0 Å². The van der Waals surface area contributed by atoms with Crippen molar-refractivity contribution >= 4 is 5.95 Å². The number of anilines is 1. The van der Waals surface area contributed by atoms with E-state index >= 15 is 0 Å². The van der Waals surface area contributed by atoms with Gasteiger partial charge in [-0.05, 0) is 12.1 Å². The fraction of sp³-hybridized carbons (Fsp3) is 0. The predicted octanol–water partition coefficient (Wildman–Crippen LogP) is 0.573. The van der Waals surface area contributed by atoms with Crippen molar-refractivity contribution in [1.29, 1.82) is 5.26 Å². The molecule has 0 saturated carbocycles. The Morgan fingerprint density at radius 2 is 2.10 bits per heavy atom. The Bertz CT molecular complexity index is 787. The maximum atomic E-state index is 8.89. The Morgan fingerprint density at radius 1 is 1.20 bits per heavy atom. The zero-order chi connectivity index (χ0) is 13.9. The minimum atomic E-state index is 0.0721. The summed E-state index contributed by atoms with van der Waals surface area (Å²) in [7, 11) is 0. The van der Waals surface area contributed by atoms with Crippen LogP contribution in [0, 0.1) is 11.3 Å². The molecule has 3 heterocycles. The molecule has 0 aliphatic heterocycles. The Hall–Kier alpha value is -3.34. The van der Waals surface area contributed by atoms with Gasteiger partial charge in [-0.25, -0.2) is 4.68 Å². The fourth-order valence-electron chi connectivity index (χ4n) is 1.62. The molecular formula is C12H8N8. The third-order valence-electron chi connectivity index (χ3n) is 2.48. The third-order valence-corrected chi connectivity index (χ3v) is 2.48. The van der Waals surface area contributed by atoms with E-state index in [-0.39, 0.29) is 5.95 Å². The molecule has 8 nitrogen and oxygen atoms in total. The van der Waals surface area contributed by atoms with Gasteiger partial charge in [-0.15, -0.1) is 0 Å². The van der Waals surface area contributed by atoms with Crippen molar-refractivity contribution in [3.8, 4) is 23.4 Å². The summed E-state index contributed by atoms with van der Waals surface area (Å²) in [5.74, 6) is 0.718. The molecular weight excluding hydrogens is 256 g/mol. The normalized spacial score (nSPS) is 10.2. The first kappa shape index (κ1) is 11.7. The van der Waals surface area contributed by atoms with Crippen molar-refractivity contribution in [1.82, 2.24) is 29.7 Å². The molecule has 0 bridgehead atoms. The van der Waals surface area contributed by atoms with Gasteiger partial charge in [0.25, 0.3) is 5.95 Å². The summed E-state index contributed by atoms with van der Waals surface area (Å²) in [6, 6.07) is 5.39. The number of nitrogens with zero attached hydrogens (tertiary/aromatic N) is 7. The zero-order valence-corrected chi connectivity index (χ0v) is 10.2. The van der Waals surface area contributed by atoms with Crippen LogP contribution >= 0.6 is 0 Å². The van der Waals surface area contributed by atoms with Crippen LogP contribution in [-0.4, -0.2) is 29.7 Å². The summed E-state index contributed by atoms with van der Waals surface area (Å²) in [5, 5.41) is 12.9. The first-order valence-corrected chi connectivity index (χ1v) is 5.63. The van der Waals surface area contributed by atoms with Crippen LogP contribution in [0.15, 0.2) is 36.9 Å². The second-order valence-electron chi connectivity index (χ2n) is 3.84. The maximum Gasteiger partial charge on any atom is 0.255 e. The van der Waals surface area contributed by atoms with E-state index in [4.69, 9.17) is 11.0 Å². The van der Waals surface area contributed by atoms with Gasteiger partial charge >= 0.3 is 0 Å². The molecule has 0 radical (unpaired) electrons. The lowest BCUT2D eigenvalue weighted by Gasteiger charge is -2.04. The van der Waals surface area contributed by atoms with E-state index in [2.05, 4.69) is 25.0 Å². The topological polar surface area (TPSA) is 119 Å². The van der Waals surface area contributed by atoms with Gasteiger partial charge in [-0.2, -0.15) is 25.3 Å². The summed E-state index contributed by atoms with van der Waals surface area (Å²) in [4.78, 5) is 16.3. The Labute approximate surface area is 113 Å². The largest absolute Gasteiger partial charge is 0.368 e. The third kappa shape index (κ3) is 2.15. The van der Waals surface area contributed by atoms with E-state index in [1.165, 1.54) is 10.9 Å². The number of hydrogen-bond acceptors (Lipinski definition) is 7. The highest BCUT2D eigenvalue weighted by atomic mass is 15.4. The fourth-order valence-corrected chi connectivity index (χ4v) is 1.62. The molecule has 3 rings (SSSR count). The van der Waals surface area contributed by atoms with E-state index in [0.29, 0.717) is 22.9 Å². The summed E-state index contributed by atoms with van der Waals surface area (Å²) < 4.78 is 1.48. The molecule has 0 unspecified atom stereocenters. The quantitative estimate of drug-likeness (QED) is 0.718. The Morgan fingerprint density at radius 3 is 2.85 bits per heavy atom. The molecule has 0 aliphatic rings. The number of hydrogen-bond donors (Lipinski definition) is 1. The first-order valence-electron chi connectivity index (χ1n) is 5.63. The van der Waals surface area contributed by atoms with E-state index in [1.54, 1.807) is 30.7 Å². The van der Waals surface area contributed by atoms with Crippen molar-refractivity contribution in [3.05, 3.63) is 42.5 Å². The minimum Gasteiger partial charge on any atom is -0.368 e. The van der Waals surface area contributed by atoms with Crippen LogP contribution in [0.5, 0.6) is 0 Å². The SMILES string of the molecule is N#Cc1cncc(-c2nc(N)nc(-n3cccn3)n2)c1. The van der Waals surface area contributed by atoms with Gasteiger partial charge in [0.2, 0.25) is 5.95 Å². The molecule has 0 atom stereocenters. The average molecular weight is 264 g/mol. The van der Waals surface area contributed by atoms with Crippen LogP contribution in [0.4, 0.5) is 5.95 Å². The van der Waals surface area contributed by atoms with Gasteiger partial charge in [0.05, 0.1) is 5.56 Å². The van der Waals surface area contributed by atoms with E-state index in [0.717, 1.165) is 0 Å². The molecule has 0 aromatic carbocycles. The second kappa shape index (κ2) is 4.74. The monoisotopic (exact) mass is 264 g/mol. The first-order chi connectivity index (χ1) is 9.76. The molecule has 3 aromatic heterocycles. The van der Waals surface area contributed by atoms with Crippen molar-refractivity contribution in [2.24, 2.45) is 0 Å². The molecule has 0 spiro atoms. The van der Waals surface area contributed by atoms with Crippen LogP contribution in [0.1, 0.15) is 5.56 Å². The Balaban J connectivity index is 2.12. The van der Waals surface area contributed by atoms with Gasteiger partial charge in [0, 0.05) is 30.4 Å². The lowest BCUT2D eigenvalue weighted by Crippen LogP contribution is -2.08. The molecule has 8 heteroatoms. The molecule has 0 amide bonds. The maximum absolute atomic E-state index is 8.89. The predicted molar refractivity (Wildman–Crippen MR) is 69.3 cm³/mol. The van der Waals surface area contributed by atoms with Crippen LogP contribution in [-0.2, 0) is 0 Å². The highest BCUT2D eigenvalue weighted by Crippen LogP contribution is 2.16. The zero-order valence-electron chi connectivity index (χ0n) is 10.2. The Kier molecular flexibility index (Phi) is 2.78. The average Bonchev–Trinajstić information content (AvgIpc) is 3.01. The molecule has 0 saturated heterocycles. The number of pyridine rings is 1. The van der Waals surface area contributed by atoms with E-state index in [9.17, 15) is 0 Å². The van der Waals surface area contributed by atoms with Gasteiger partial charge < -0.3 is 5.73 Å². The summed E-state index contributed by atoms with van der Waals surface area (Å²) in [6.45, 7) is 0. The van der Waals surface area contributed by atoms with Gasteiger partial charge in [0.15, 0.2) is 5.82 Å². The molecule has 2 N–H and O–H groups in total. The standard InChI is InChI=1S/C12H8N8/c13-5-8-4-9(7-15-6-8)10-17-11(14)19-12(18-10)20-3-1-2-16-20/h1-4,6-7H,(H2,14,17,18,19). The minimum absolute atomic E-state index is 0.0721. The number of aromatic nitrogens is 6. The highest BCUT2D eigenvalue weighted by Gasteiger charge is 2.09. The van der Waals surface area contributed by atoms with Crippen molar-refractivity contribution < 1.29 is 0 Å². The molecule has 96 valence electrons. The van der Waals surface area contributed by atoms with Crippen molar-refractivity contribution in [3.63, 3.8) is 0 Å². The number of nitriles is 1. The smallest absolute Gasteiger partial charge is 0.255 e. The van der Waals surface area contributed by atoms with Crippen molar-refractivity contribution in [2.75, 3.05) is 5.73 Å². The molecule has 20 heavy (non-hydrogen) atoms. The summed E-state index contributed by atoms with van der Waals surface area (Å²) in [6.07, 6.45) is 6.32. The molecule has 0 fully saturated rings. The van der Waals surface area contributed by atoms with Gasteiger partial charge in [-0.3, -0.25) is 4.98 Å². The van der Waals surface area contributed by atoms with Crippen LogP contribution in [0.3, 0.4) is 0 Å². The number of nitrogens with two attached hydrogens (primary N) is 1. The highest BCUT2D eigenvalue weighted by molar-refractivity contribution is 5.57.